The predicted octanol–water partition coefficient (Wildman–Crippen LogP) is 1.62. The molecule has 108 valence electrons. The second kappa shape index (κ2) is 7.05. The first-order chi connectivity index (χ1) is 9.65. The quantitative estimate of drug-likeness (QED) is 0.803. The minimum absolute atomic E-state index is 0.0957. The van der Waals surface area contributed by atoms with E-state index in [0.717, 1.165) is 30.7 Å². The molecular formula is C15H20N2O3. The normalized spacial score (nSPS) is 17.8. The van der Waals surface area contributed by atoms with E-state index in [4.69, 9.17) is 4.74 Å². The van der Waals surface area contributed by atoms with Crippen LogP contribution in [0.2, 0.25) is 0 Å². The van der Waals surface area contributed by atoms with Crippen LogP contribution in [-0.4, -0.2) is 31.1 Å². The molecule has 0 spiro atoms. The third-order valence-electron chi connectivity index (χ3n) is 3.29. The fourth-order valence-corrected chi connectivity index (χ4v) is 2.15. The van der Waals surface area contributed by atoms with Crippen LogP contribution in [0.15, 0.2) is 24.3 Å². The number of carbonyl (C=O) groups excluding carboxylic acids is 2. The zero-order valence-corrected chi connectivity index (χ0v) is 11.6. The van der Waals surface area contributed by atoms with Crippen molar-refractivity contribution in [2.45, 2.75) is 32.3 Å². The van der Waals surface area contributed by atoms with Crippen molar-refractivity contribution in [2.24, 2.45) is 0 Å². The molecule has 1 aromatic rings. The molecule has 1 fully saturated rings. The molecule has 1 aromatic carbocycles. The monoisotopic (exact) mass is 276 g/mol. The summed E-state index contributed by atoms with van der Waals surface area (Å²) >= 11 is 0. The Hall–Kier alpha value is -1.88. The first-order valence-corrected chi connectivity index (χ1v) is 6.89. The minimum atomic E-state index is -0.302. The van der Waals surface area contributed by atoms with Crippen molar-refractivity contribution in [2.75, 3.05) is 18.5 Å². The number of para-hydroxylation sites is 1. The number of hydrogen-bond donors (Lipinski definition) is 2. The summed E-state index contributed by atoms with van der Waals surface area (Å²) in [5.41, 5.74) is 1.71. The van der Waals surface area contributed by atoms with Crippen LogP contribution >= 0.6 is 0 Å². The van der Waals surface area contributed by atoms with Crippen LogP contribution < -0.4 is 10.6 Å². The zero-order valence-electron chi connectivity index (χ0n) is 11.6. The van der Waals surface area contributed by atoms with Crippen LogP contribution in [0.3, 0.4) is 0 Å². The molecule has 1 aliphatic heterocycles. The van der Waals surface area contributed by atoms with E-state index in [-0.39, 0.29) is 24.3 Å². The summed E-state index contributed by atoms with van der Waals surface area (Å²) in [4.78, 5) is 23.4. The van der Waals surface area contributed by atoms with E-state index >= 15 is 0 Å². The number of benzene rings is 1. The van der Waals surface area contributed by atoms with Crippen molar-refractivity contribution in [1.29, 1.82) is 0 Å². The number of amides is 2. The van der Waals surface area contributed by atoms with Gasteiger partial charge in [0.25, 0.3) is 0 Å². The Labute approximate surface area is 118 Å². The molecule has 1 aliphatic rings. The van der Waals surface area contributed by atoms with Gasteiger partial charge in [0.15, 0.2) is 0 Å². The standard InChI is InChI=1S/C15H20N2O3/c1-11-5-2-3-7-13(11)17-15(19)9-14(18)16-10-12-6-4-8-20-12/h2-3,5,7,12H,4,6,8-10H2,1H3,(H,16,18)(H,17,19). The lowest BCUT2D eigenvalue weighted by atomic mass is 10.2. The first kappa shape index (κ1) is 14.5. The summed E-state index contributed by atoms with van der Waals surface area (Å²) in [6.07, 6.45) is 1.93. The molecule has 2 rings (SSSR count). The molecule has 5 heteroatoms. The number of carbonyl (C=O) groups is 2. The van der Waals surface area contributed by atoms with Gasteiger partial charge in [-0.3, -0.25) is 9.59 Å². The molecule has 0 bridgehead atoms. The van der Waals surface area contributed by atoms with E-state index in [0.29, 0.717) is 6.54 Å². The van der Waals surface area contributed by atoms with Crippen LogP contribution in [0.25, 0.3) is 0 Å². The smallest absolute Gasteiger partial charge is 0.233 e. The number of rotatable bonds is 5. The second-order valence-electron chi connectivity index (χ2n) is 4.98. The van der Waals surface area contributed by atoms with Crippen molar-refractivity contribution >= 4 is 17.5 Å². The van der Waals surface area contributed by atoms with E-state index < -0.39 is 0 Å². The highest BCUT2D eigenvalue weighted by Crippen LogP contribution is 2.13. The average Bonchev–Trinajstić information content (AvgIpc) is 2.92. The van der Waals surface area contributed by atoms with Gasteiger partial charge < -0.3 is 15.4 Å². The lowest BCUT2D eigenvalue weighted by Crippen LogP contribution is -2.34. The molecular weight excluding hydrogens is 256 g/mol. The van der Waals surface area contributed by atoms with Crippen molar-refractivity contribution in [1.82, 2.24) is 5.32 Å². The zero-order chi connectivity index (χ0) is 14.4. The molecule has 0 aromatic heterocycles. The molecule has 5 nitrogen and oxygen atoms in total. The SMILES string of the molecule is Cc1ccccc1NC(=O)CC(=O)NCC1CCCO1. The highest BCUT2D eigenvalue weighted by molar-refractivity contribution is 6.03. The molecule has 0 aliphatic carbocycles. The fraction of sp³-hybridized carbons (Fsp3) is 0.467. The maximum absolute atomic E-state index is 11.8. The second-order valence-corrected chi connectivity index (χ2v) is 4.98. The Balaban J connectivity index is 1.73. The Morgan fingerprint density at radius 2 is 2.10 bits per heavy atom. The number of hydrogen-bond acceptors (Lipinski definition) is 3. The summed E-state index contributed by atoms with van der Waals surface area (Å²) in [5.74, 6) is -0.573. The van der Waals surface area contributed by atoms with Crippen molar-refractivity contribution in [3.8, 4) is 0 Å². The lowest BCUT2D eigenvalue weighted by Gasteiger charge is -2.11. The highest BCUT2D eigenvalue weighted by atomic mass is 16.5. The van der Waals surface area contributed by atoms with Crippen LogP contribution in [0.5, 0.6) is 0 Å². The summed E-state index contributed by atoms with van der Waals surface area (Å²) < 4.78 is 5.40. The molecule has 20 heavy (non-hydrogen) atoms. The molecule has 0 saturated carbocycles. The Morgan fingerprint density at radius 1 is 1.30 bits per heavy atom. The summed E-state index contributed by atoms with van der Waals surface area (Å²) in [6.45, 7) is 3.15. The van der Waals surface area contributed by atoms with Gasteiger partial charge in [0, 0.05) is 18.8 Å². The average molecular weight is 276 g/mol. The molecule has 1 heterocycles. The van der Waals surface area contributed by atoms with Gasteiger partial charge in [-0.05, 0) is 31.4 Å². The molecule has 1 saturated heterocycles. The van der Waals surface area contributed by atoms with Crippen LogP contribution in [0, 0.1) is 6.92 Å². The minimum Gasteiger partial charge on any atom is -0.376 e. The van der Waals surface area contributed by atoms with E-state index in [1.807, 2.05) is 31.2 Å². The van der Waals surface area contributed by atoms with Gasteiger partial charge >= 0.3 is 0 Å². The third-order valence-corrected chi connectivity index (χ3v) is 3.29. The van der Waals surface area contributed by atoms with Crippen molar-refractivity contribution in [3.63, 3.8) is 0 Å². The lowest BCUT2D eigenvalue weighted by molar-refractivity contribution is -0.127. The van der Waals surface area contributed by atoms with Gasteiger partial charge in [0.1, 0.15) is 6.42 Å². The summed E-state index contributed by atoms with van der Waals surface area (Å²) in [6, 6.07) is 7.48. The Morgan fingerprint density at radius 3 is 2.80 bits per heavy atom. The molecule has 2 N–H and O–H groups in total. The van der Waals surface area contributed by atoms with E-state index in [1.165, 1.54) is 0 Å². The first-order valence-electron chi connectivity index (χ1n) is 6.89. The summed E-state index contributed by atoms with van der Waals surface area (Å²) in [5, 5.41) is 5.47. The number of aryl methyl sites for hydroxylation is 1. The predicted molar refractivity (Wildman–Crippen MR) is 76.4 cm³/mol. The van der Waals surface area contributed by atoms with Gasteiger partial charge in [0.05, 0.1) is 6.10 Å². The van der Waals surface area contributed by atoms with Gasteiger partial charge in [0.2, 0.25) is 11.8 Å². The highest BCUT2D eigenvalue weighted by Gasteiger charge is 2.17. The summed E-state index contributed by atoms with van der Waals surface area (Å²) in [7, 11) is 0. The Bertz CT molecular complexity index is 482. The van der Waals surface area contributed by atoms with E-state index in [1.54, 1.807) is 0 Å². The maximum atomic E-state index is 11.8. The molecule has 0 radical (unpaired) electrons. The Kier molecular flexibility index (Phi) is 5.12. The fourth-order valence-electron chi connectivity index (χ4n) is 2.15. The van der Waals surface area contributed by atoms with Crippen LogP contribution in [-0.2, 0) is 14.3 Å². The largest absolute Gasteiger partial charge is 0.376 e. The molecule has 2 amide bonds. The maximum Gasteiger partial charge on any atom is 0.233 e. The van der Waals surface area contributed by atoms with Gasteiger partial charge in [-0.1, -0.05) is 18.2 Å². The van der Waals surface area contributed by atoms with Gasteiger partial charge in [-0.15, -0.1) is 0 Å². The topological polar surface area (TPSA) is 67.4 Å². The number of nitrogens with one attached hydrogen (secondary N) is 2. The van der Waals surface area contributed by atoms with Gasteiger partial charge in [-0.25, -0.2) is 0 Å². The van der Waals surface area contributed by atoms with Crippen molar-refractivity contribution < 1.29 is 14.3 Å². The van der Waals surface area contributed by atoms with Crippen molar-refractivity contribution in [3.05, 3.63) is 29.8 Å². The number of ether oxygens (including phenoxy) is 1. The number of anilines is 1. The van der Waals surface area contributed by atoms with E-state index in [2.05, 4.69) is 10.6 Å². The third kappa shape index (κ3) is 4.35. The molecule has 1 atom stereocenters. The van der Waals surface area contributed by atoms with E-state index in [9.17, 15) is 9.59 Å². The van der Waals surface area contributed by atoms with Crippen LogP contribution in [0.1, 0.15) is 24.8 Å². The van der Waals surface area contributed by atoms with Crippen LogP contribution in [0.4, 0.5) is 5.69 Å². The van der Waals surface area contributed by atoms with Gasteiger partial charge in [-0.2, -0.15) is 0 Å². The molecule has 1 unspecified atom stereocenters.